The van der Waals surface area contributed by atoms with Gasteiger partial charge in [-0.25, -0.2) is 0 Å². The fourth-order valence-electron chi connectivity index (χ4n) is 3.60. The van der Waals surface area contributed by atoms with E-state index in [9.17, 15) is 0 Å². The van der Waals surface area contributed by atoms with Crippen LogP contribution >= 0.6 is 0 Å². The molecule has 0 nitrogen and oxygen atoms in total. The SMILES string of the molecule is CC1C=CC2=C(CCc3c2ccc2ccccc32)C1. The van der Waals surface area contributed by atoms with Crippen molar-refractivity contribution < 1.29 is 0 Å². The summed E-state index contributed by atoms with van der Waals surface area (Å²) in [5.41, 5.74) is 6.20. The Morgan fingerprint density at radius 1 is 1.00 bits per heavy atom. The van der Waals surface area contributed by atoms with Crippen LogP contribution in [0.3, 0.4) is 0 Å². The van der Waals surface area contributed by atoms with E-state index in [4.69, 9.17) is 0 Å². The summed E-state index contributed by atoms with van der Waals surface area (Å²) in [4.78, 5) is 0. The van der Waals surface area contributed by atoms with Crippen molar-refractivity contribution in [2.75, 3.05) is 0 Å². The Morgan fingerprint density at radius 2 is 1.89 bits per heavy atom. The third-order valence-electron chi connectivity index (χ3n) is 4.55. The molecule has 0 saturated carbocycles. The number of hydrogen-bond donors (Lipinski definition) is 0. The largest absolute Gasteiger partial charge is 0.0808 e. The first-order chi connectivity index (χ1) is 9.33. The number of hydrogen-bond acceptors (Lipinski definition) is 0. The molecule has 0 aromatic heterocycles. The second kappa shape index (κ2) is 4.09. The first-order valence-corrected chi connectivity index (χ1v) is 7.24. The summed E-state index contributed by atoms with van der Waals surface area (Å²) in [6.07, 6.45) is 8.42. The van der Waals surface area contributed by atoms with Crippen molar-refractivity contribution in [1.29, 1.82) is 0 Å². The highest BCUT2D eigenvalue weighted by Gasteiger charge is 2.22. The molecule has 2 aromatic rings. The van der Waals surface area contributed by atoms with Crippen molar-refractivity contribution in [1.82, 2.24) is 0 Å². The number of aryl methyl sites for hydroxylation is 1. The lowest BCUT2D eigenvalue weighted by Gasteiger charge is -2.27. The molecule has 1 atom stereocenters. The lowest BCUT2D eigenvalue weighted by Crippen LogP contribution is -2.10. The molecule has 0 spiro atoms. The highest BCUT2D eigenvalue weighted by atomic mass is 14.3. The quantitative estimate of drug-likeness (QED) is 0.604. The fraction of sp³-hybridized carbons (Fsp3) is 0.263. The van der Waals surface area contributed by atoms with Crippen LogP contribution in [0.4, 0.5) is 0 Å². The second-order valence-corrected chi connectivity index (χ2v) is 5.87. The number of benzene rings is 2. The second-order valence-electron chi connectivity index (χ2n) is 5.87. The van der Waals surface area contributed by atoms with Crippen LogP contribution < -0.4 is 0 Å². The molecule has 4 rings (SSSR count). The van der Waals surface area contributed by atoms with Gasteiger partial charge in [-0.15, -0.1) is 0 Å². The van der Waals surface area contributed by atoms with Gasteiger partial charge >= 0.3 is 0 Å². The highest BCUT2D eigenvalue weighted by molar-refractivity contribution is 5.93. The van der Waals surface area contributed by atoms with E-state index in [1.165, 1.54) is 41.2 Å². The maximum atomic E-state index is 2.36. The smallest absolute Gasteiger partial charge is 0.0146 e. The highest BCUT2D eigenvalue weighted by Crippen LogP contribution is 2.40. The van der Waals surface area contributed by atoms with Crippen molar-refractivity contribution in [3.05, 3.63) is 65.3 Å². The van der Waals surface area contributed by atoms with Crippen molar-refractivity contribution in [2.24, 2.45) is 5.92 Å². The molecule has 0 heterocycles. The molecular formula is C19H18. The first kappa shape index (κ1) is 11.0. The van der Waals surface area contributed by atoms with Gasteiger partial charge in [-0.1, -0.05) is 61.0 Å². The molecule has 2 aromatic carbocycles. The van der Waals surface area contributed by atoms with E-state index in [2.05, 4.69) is 55.5 Å². The minimum Gasteiger partial charge on any atom is -0.0808 e. The van der Waals surface area contributed by atoms with Crippen LogP contribution in [0.25, 0.3) is 16.3 Å². The van der Waals surface area contributed by atoms with Gasteiger partial charge in [0.15, 0.2) is 0 Å². The zero-order chi connectivity index (χ0) is 12.8. The van der Waals surface area contributed by atoms with Crippen LogP contribution in [0.15, 0.2) is 54.1 Å². The van der Waals surface area contributed by atoms with Gasteiger partial charge in [-0.2, -0.15) is 0 Å². The van der Waals surface area contributed by atoms with E-state index in [1.807, 2.05) is 0 Å². The van der Waals surface area contributed by atoms with Crippen LogP contribution in [0.1, 0.15) is 30.9 Å². The number of allylic oxidation sites excluding steroid dienone is 4. The van der Waals surface area contributed by atoms with Crippen molar-refractivity contribution in [3.8, 4) is 0 Å². The Kier molecular flexibility index (Phi) is 2.38. The summed E-state index contributed by atoms with van der Waals surface area (Å²) in [5.74, 6) is 0.709. The van der Waals surface area contributed by atoms with Gasteiger partial charge in [0.25, 0.3) is 0 Å². The predicted molar refractivity (Wildman–Crippen MR) is 82.1 cm³/mol. The Labute approximate surface area is 114 Å². The molecule has 1 unspecified atom stereocenters. The third-order valence-corrected chi connectivity index (χ3v) is 4.55. The fourth-order valence-corrected chi connectivity index (χ4v) is 3.60. The van der Waals surface area contributed by atoms with E-state index >= 15 is 0 Å². The summed E-state index contributed by atoms with van der Waals surface area (Å²) in [6.45, 7) is 2.32. The molecular weight excluding hydrogens is 228 g/mol. The summed E-state index contributed by atoms with van der Waals surface area (Å²) < 4.78 is 0. The normalized spacial score (nSPS) is 21.4. The molecule has 0 saturated heterocycles. The van der Waals surface area contributed by atoms with Gasteiger partial charge in [0, 0.05) is 0 Å². The molecule has 0 fully saturated rings. The average molecular weight is 246 g/mol. The van der Waals surface area contributed by atoms with Gasteiger partial charge in [0.1, 0.15) is 0 Å². The topological polar surface area (TPSA) is 0 Å². The van der Waals surface area contributed by atoms with E-state index in [0.717, 1.165) is 0 Å². The van der Waals surface area contributed by atoms with Gasteiger partial charge in [0.2, 0.25) is 0 Å². The lowest BCUT2D eigenvalue weighted by molar-refractivity contribution is 0.677. The van der Waals surface area contributed by atoms with Crippen LogP contribution in [-0.2, 0) is 6.42 Å². The maximum Gasteiger partial charge on any atom is -0.0146 e. The molecule has 0 bridgehead atoms. The van der Waals surface area contributed by atoms with Crippen LogP contribution in [-0.4, -0.2) is 0 Å². The molecule has 2 aliphatic rings. The van der Waals surface area contributed by atoms with Crippen molar-refractivity contribution >= 4 is 16.3 Å². The average Bonchev–Trinajstić information content (AvgIpc) is 2.46. The van der Waals surface area contributed by atoms with Gasteiger partial charge < -0.3 is 0 Å². The zero-order valence-electron chi connectivity index (χ0n) is 11.3. The Hall–Kier alpha value is -1.82. The molecule has 2 aliphatic carbocycles. The summed E-state index contributed by atoms with van der Waals surface area (Å²) in [7, 11) is 0. The van der Waals surface area contributed by atoms with Gasteiger partial charge in [-0.05, 0) is 52.7 Å². The van der Waals surface area contributed by atoms with E-state index < -0.39 is 0 Å². The van der Waals surface area contributed by atoms with Crippen LogP contribution in [0.2, 0.25) is 0 Å². The zero-order valence-corrected chi connectivity index (χ0v) is 11.3. The summed E-state index contributed by atoms with van der Waals surface area (Å²) in [5, 5.41) is 2.82. The number of rotatable bonds is 0. The minimum absolute atomic E-state index is 0.709. The van der Waals surface area contributed by atoms with E-state index in [1.54, 1.807) is 11.1 Å². The Balaban J connectivity index is 1.97. The molecule has 0 aliphatic heterocycles. The standard InChI is InChI=1S/C19H18/c1-13-6-9-17-15(12-13)8-11-18-16-5-3-2-4-14(16)7-10-19(17)18/h2-7,9-10,13H,8,11-12H2,1H3. The molecule has 19 heavy (non-hydrogen) atoms. The monoisotopic (exact) mass is 246 g/mol. The molecule has 0 heteroatoms. The first-order valence-electron chi connectivity index (χ1n) is 7.24. The molecule has 0 amide bonds. The molecule has 94 valence electrons. The number of fused-ring (bicyclic) bond motifs is 4. The van der Waals surface area contributed by atoms with Crippen molar-refractivity contribution in [2.45, 2.75) is 26.2 Å². The predicted octanol–water partition coefficient (Wildman–Crippen LogP) is 5.14. The van der Waals surface area contributed by atoms with Gasteiger partial charge in [-0.3, -0.25) is 0 Å². The van der Waals surface area contributed by atoms with E-state index in [-0.39, 0.29) is 0 Å². The van der Waals surface area contributed by atoms with Crippen LogP contribution in [0.5, 0.6) is 0 Å². The Morgan fingerprint density at radius 3 is 2.84 bits per heavy atom. The Bertz CT molecular complexity index is 716. The lowest BCUT2D eigenvalue weighted by atomic mass is 9.77. The summed E-state index contributed by atoms with van der Waals surface area (Å²) in [6, 6.07) is 13.4. The minimum atomic E-state index is 0.709. The third kappa shape index (κ3) is 1.67. The summed E-state index contributed by atoms with van der Waals surface area (Å²) >= 11 is 0. The van der Waals surface area contributed by atoms with E-state index in [0.29, 0.717) is 5.92 Å². The van der Waals surface area contributed by atoms with Gasteiger partial charge in [0.05, 0.1) is 0 Å². The van der Waals surface area contributed by atoms with Crippen LogP contribution in [0, 0.1) is 5.92 Å². The maximum absolute atomic E-state index is 2.36. The molecule has 0 N–H and O–H groups in total. The molecule has 0 radical (unpaired) electrons. The van der Waals surface area contributed by atoms with Crippen molar-refractivity contribution in [3.63, 3.8) is 0 Å².